The molecule has 3 N–H and O–H groups in total. The molecule has 0 aliphatic carbocycles. The lowest BCUT2D eigenvalue weighted by Crippen LogP contribution is -2.48. The van der Waals surface area contributed by atoms with Crippen LogP contribution < -0.4 is 15.4 Å². The molecule has 32 heavy (non-hydrogen) atoms. The van der Waals surface area contributed by atoms with Crippen LogP contribution in [0.25, 0.3) is 0 Å². The molecule has 3 aromatic rings. The van der Waals surface area contributed by atoms with Gasteiger partial charge in [-0.25, -0.2) is 4.79 Å². The van der Waals surface area contributed by atoms with Gasteiger partial charge in [-0.2, -0.15) is 0 Å². The van der Waals surface area contributed by atoms with Crippen molar-refractivity contribution in [3.05, 3.63) is 102 Å². The van der Waals surface area contributed by atoms with Crippen LogP contribution in [-0.4, -0.2) is 37.0 Å². The average molecular weight is 435 g/mol. The van der Waals surface area contributed by atoms with E-state index < -0.39 is 18.2 Å². The molecule has 168 valence electrons. The SMILES string of the molecule is COc1cccc(CNC[C@@H](O)[C@H](Cc2ccccc2)NC(=O)OCc2ccccc2)c1. The predicted octanol–water partition coefficient (Wildman–Crippen LogP) is 3.68. The van der Waals surface area contributed by atoms with Gasteiger partial charge in [-0.15, -0.1) is 0 Å². The monoisotopic (exact) mass is 434 g/mol. The summed E-state index contributed by atoms with van der Waals surface area (Å²) in [5.41, 5.74) is 2.97. The molecular weight excluding hydrogens is 404 g/mol. The Morgan fingerprint density at radius 3 is 2.25 bits per heavy atom. The van der Waals surface area contributed by atoms with Crippen molar-refractivity contribution < 1.29 is 19.4 Å². The number of rotatable bonds is 11. The van der Waals surface area contributed by atoms with E-state index in [1.165, 1.54) is 0 Å². The largest absolute Gasteiger partial charge is 0.497 e. The second-order valence-electron chi connectivity index (χ2n) is 7.55. The molecule has 0 bridgehead atoms. The van der Waals surface area contributed by atoms with Crippen LogP contribution in [0.2, 0.25) is 0 Å². The van der Waals surface area contributed by atoms with Crippen LogP contribution in [0.15, 0.2) is 84.9 Å². The van der Waals surface area contributed by atoms with Gasteiger partial charge in [-0.1, -0.05) is 72.8 Å². The molecule has 0 aromatic heterocycles. The maximum atomic E-state index is 12.4. The minimum atomic E-state index is -0.801. The van der Waals surface area contributed by atoms with E-state index in [0.717, 1.165) is 22.4 Å². The zero-order valence-corrected chi connectivity index (χ0v) is 18.2. The Labute approximate surface area is 189 Å². The number of aliphatic hydroxyl groups is 1. The Bertz CT molecular complexity index is 950. The van der Waals surface area contributed by atoms with Crippen molar-refractivity contribution in [2.24, 2.45) is 0 Å². The summed E-state index contributed by atoms with van der Waals surface area (Å²) in [6, 6.07) is 26.5. The first-order valence-electron chi connectivity index (χ1n) is 10.7. The zero-order chi connectivity index (χ0) is 22.6. The summed E-state index contributed by atoms with van der Waals surface area (Å²) in [7, 11) is 1.63. The molecule has 0 aliphatic heterocycles. The highest BCUT2D eigenvalue weighted by Gasteiger charge is 2.22. The van der Waals surface area contributed by atoms with Crippen LogP contribution in [-0.2, 0) is 24.3 Å². The summed E-state index contributed by atoms with van der Waals surface area (Å²) >= 11 is 0. The highest BCUT2D eigenvalue weighted by Crippen LogP contribution is 2.12. The van der Waals surface area contributed by atoms with Gasteiger partial charge in [0.15, 0.2) is 0 Å². The van der Waals surface area contributed by atoms with Crippen LogP contribution in [0.5, 0.6) is 5.75 Å². The molecule has 3 rings (SSSR count). The van der Waals surface area contributed by atoms with Gasteiger partial charge < -0.3 is 25.2 Å². The fourth-order valence-electron chi connectivity index (χ4n) is 3.36. The van der Waals surface area contributed by atoms with Crippen molar-refractivity contribution in [3.8, 4) is 5.75 Å². The number of hydrogen-bond donors (Lipinski definition) is 3. The molecule has 0 fully saturated rings. The van der Waals surface area contributed by atoms with Gasteiger partial charge in [0.2, 0.25) is 0 Å². The third kappa shape index (κ3) is 7.72. The number of hydrogen-bond acceptors (Lipinski definition) is 5. The molecule has 0 spiro atoms. The topological polar surface area (TPSA) is 79.8 Å². The smallest absolute Gasteiger partial charge is 0.407 e. The quantitative estimate of drug-likeness (QED) is 0.429. The minimum absolute atomic E-state index is 0.176. The number of benzene rings is 3. The van der Waals surface area contributed by atoms with Gasteiger partial charge in [0.1, 0.15) is 12.4 Å². The summed E-state index contributed by atoms with van der Waals surface area (Å²) in [5.74, 6) is 0.787. The van der Waals surface area contributed by atoms with Crippen molar-refractivity contribution in [2.45, 2.75) is 31.7 Å². The number of amides is 1. The van der Waals surface area contributed by atoms with Crippen LogP contribution >= 0.6 is 0 Å². The van der Waals surface area contributed by atoms with Crippen LogP contribution in [0.4, 0.5) is 4.79 Å². The van der Waals surface area contributed by atoms with Crippen LogP contribution in [0.1, 0.15) is 16.7 Å². The van der Waals surface area contributed by atoms with E-state index in [1.54, 1.807) is 7.11 Å². The average Bonchev–Trinajstić information content (AvgIpc) is 2.83. The van der Waals surface area contributed by atoms with Crippen molar-refractivity contribution in [1.82, 2.24) is 10.6 Å². The number of alkyl carbamates (subject to hydrolysis) is 1. The van der Waals surface area contributed by atoms with Gasteiger partial charge in [-0.3, -0.25) is 0 Å². The Kier molecular flexibility index (Phi) is 9.10. The summed E-state index contributed by atoms with van der Waals surface area (Å²) in [4.78, 5) is 12.4. The second kappa shape index (κ2) is 12.5. The number of nitrogens with one attached hydrogen (secondary N) is 2. The molecule has 0 saturated carbocycles. The van der Waals surface area contributed by atoms with Gasteiger partial charge in [-0.05, 0) is 35.2 Å². The molecule has 6 nitrogen and oxygen atoms in total. The lowest BCUT2D eigenvalue weighted by atomic mass is 10.0. The number of carbonyl (C=O) groups excluding carboxylic acids is 1. The molecule has 3 aromatic carbocycles. The zero-order valence-electron chi connectivity index (χ0n) is 18.2. The minimum Gasteiger partial charge on any atom is -0.497 e. The van der Waals surface area contributed by atoms with E-state index >= 15 is 0 Å². The van der Waals surface area contributed by atoms with Crippen LogP contribution in [0, 0.1) is 0 Å². The molecule has 0 unspecified atom stereocenters. The number of methoxy groups -OCH3 is 1. The van der Waals surface area contributed by atoms with E-state index in [1.807, 2.05) is 84.9 Å². The third-order valence-electron chi connectivity index (χ3n) is 5.10. The highest BCUT2D eigenvalue weighted by molar-refractivity contribution is 5.67. The van der Waals surface area contributed by atoms with E-state index in [4.69, 9.17) is 9.47 Å². The molecule has 0 heterocycles. The molecule has 0 saturated heterocycles. The fraction of sp³-hybridized carbons (Fsp3) is 0.269. The Morgan fingerprint density at radius 1 is 0.906 bits per heavy atom. The van der Waals surface area contributed by atoms with Gasteiger partial charge >= 0.3 is 6.09 Å². The number of aliphatic hydroxyl groups excluding tert-OH is 1. The summed E-state index contributed by atoms with van der Waals surface area (Å²) in [6.07, 6.45) is -0.866. The van der Waals surface area contributed by atoms with Gasteiger partial charge in [0.25, 0.3) is 0 Å². The van der Waals surface area contributed by atoms with E-state index in [9.17, 15) is 9.90 Å². The highest BCUT2D eigenvalue weighted by atomic mass is 16.5. The number of ether oxygens (including phenoxy) is 2. The number of carbonyl (C=O) groups is 1. The van der Waals surface area contributed by atoms with E-state index in [-0.39, 0.29) is 6.61 Å². The van der Waals surface area contributed by atoms with E-state index in [0.29, 0.717) is 19.5 Å². The lowest BCUT2D eigenvalue weighted by Gasteiger charge is -2.24. The first kappa shape index (κ1) is 23.3. The summed E-state index contributed by atoms with van der Waals surface area (Å²) in [5, 5.41) is 16.9. The fourth-order valence-corrected chi connectivity index (χ4v) is 3.36. The molecule has 0 radical (unpaired) electrons. The maximum absolute atomic E-state index is 12.4. The van der Waals surface area contributed by atoms with Gasteiger partial charge in [0.05, 0.1) is 19.3 Å². The van der Waals surface area contributed by atoms with E-state index in [2.05, 4.69) is 10.6 Å². The van der Waals surface area contributed by atoms with Gasteiger partial charge in [0, 0.05) is 13.1 Å². The van der Waals surface area contributed by atoms with Crippen molar-refractivity contribution in [2.75, 3.05) is 13.7 Å². The molecule has 2 atom stereocenters. The first-order valence-corrected chi connectivity index (χ1v) is 10.7. The van der Waals surface area contributed by atoms with Crippen molar-refractivity contribution in [3.63, 3.8) is 0 Å². The Balaban J connectivity index is 1.56. The second-order valence-corrected chi connectivity index (χ2v) is 7.55. The molecule has 1 amide bonds. The predicted molar refractivity (Wildman–Crippen MR) is 124 cm³/mol. The summed E-state index contributed by atoms with van der Waals surface area (Å²) < 4.78 is 10.6. The first-order chi connectivity index (χ1) is 15.6. The normalized spacial score (nSPS) is 12.6. The van der Waals surface area contributed by atoms with Crippen molar-refractivity contribution in [1.29, 1.82) is 0 Å². The molecule has 6 heteroatoms. The maximum Gasteiger partial charge on any atom is 0.407 e. The van der Waals surface area contributed by atoms with Crippen LogP contribution in [0.3, 0.4) is 0 Å². The Morgan fingerprint density at radius 2 is 1.56 bits per heavy atom. The molecule has 0 aliphatic rings. The lowest BCUT2D eigenvalue weighted by molar-refractivity contribution is 0.100. The molecular formula is C26H30N2O4. The summed E-state index contributed by atoms with van der Waals surface area (Å²) in [6.45, 7) is 1.06. The van der Waals surface area contributed by atoms with Crippen molar-refractivity contribution >= 4 is 6.09 Å². The standard InChI is InChI=1S/C26H30N2O4/c1-31-23-14-8-13-22(15-23)17-27-18-25(29)24(16-20-9-4-2-5-10-20)28-26(30)32-19-21-11-6-3-7-12-21/h2-15,24-25,27,29H,16-19H2,1H3,(H,28,30)/t24-,25+/m0/s1. The Hall–Kier alpha value is -3.35. The third-order valence-corrected chi connectivity index (χ3v) is 5.10.